The van der Waals surface area contributed by atoms with Gasteiger partial charge >= 0.3 is 0 Å². The van der Waals surface area contributed by atoms with Crippen molar-refractivity contribution in [2.75, 3.05) is 20.3 Å². The maximum atomic E-state index is 9.12. The molecule has 16 heavy (non-hydrogen) atoms. The molecule has 1 rings (SSSR count). The van der Waals surface area contributed by atoms with E-state index in [9.17, 15) is 0 Å². The highest BCUT2D eigenvalue weighted by Gasteiger charge is 2.12. The summed E-state index contributed by atoms with van der Waals surface area (Å²) in [5, 5.41) is 9.83. The molecule has 0 heterocycles. The van der Waals surface area contributed by atoms with Crippen molar-refractivity contribution in [1.29, 1.82) is 0 Å². The van der Waals surface area contributed by atoms with E-state index in [2.05, 4.69) is 0 Å². The fourth-order valence-electron chi connectivity index (χ4n) is 1.58. The summed E-state index contributed by atoms with van der Waals surface area (Å²) in [4.78, 5) is 0. The summed E-state index contributed by atoms with van der Waals surface area (Å²) >= 11 is 6.06. The molecule has 0 saturated heterocycles. The minimum absolute atomic E-state index is 0.0488. The average molecular weight is 244 g/mol. The minimum atomic E-state index is 0.0488. The SMILES string of the molecule is COc1cc(C)c(Cl)cc1CC(CN)CO. The number of ether oxygens (including phenoxy) is 1. The molecular formula is C12H18ClNO2. The van der Waals surface area contributed by atoms with E-state index in [1.165, 1.54) is 0 Å². The summed E-state index contributed by atoms with van der Waals surface area (Å²) in [5.41, 5.74) is 7.53. The molecule has 3 nitrogen and oxygen atoms in total. The number of halogens is 1. The van der Waals surface area contributed by atoms with Crippen LogP contribution in [0.5, 0.6) is 5.75 Å². The molecule has 4 heteroatoms. The highest BCUT2D eigenvalue weighted by molar-refractivity contribution is 6.31. The van der Waals surface area contributed by atoms with Gasteiger partial charge < -0.3 is 15.6 Å². The first kappa shape index (κ1) is 13.3. The summed E-state index contributed by atoms with van der Waals surface area (Å²) in [6.07, 6.45) is 0.677. The molecule has 0 amide bonds. The summed E-state index contributed by atoms with van der Waals surface area (Å²) < 4.78 is 5.29. The summed E-state index contributed by atoms with van der Waals surface area (Å²) in [6, 6.07) is 3.79. The fraction of sp³-hybridized carbons (Fsp3) is 0.500. The van der Waals surface area contributed by atoms with Gasteiger partial charge in [0.1, 0.15) is 5.75 Å². The van der Waals surface area contributed by atoms with Crippen LogP contribution in [0.4, 0.5) is 0 Å². The van der Waals surface area contributed by atoms with Crippen LogP contribution in [0.3, 0.4) is 0 Å². The molecule has 1 unspecified atom stereocenters. The molecule has 1 atom stereocenters. The van der Waals surface area contributed by atoms with Gasteiger partial charge in [-0.25, -0.2) is 0 Å². The first-order valence-electron chi connectivity index (χ1n) is 5.26. The number of aryl methyl sites for hydroxylation is 1. The first-order chi connectivity index (χ1) is 7.62. The van der Waals surface area contributed by atoms with Crippen LogP contribution in [-0.4, -0.2) is 25.4 Å². The lowest BCUT2D eigenvalue weighted by Gasteiger charge is -2.15. The van der Waals surface area contributed by atoms with Crippen molar-refractivity contribution in [1.82, 2.24) is 0 Å². The van der Waals surface area contributed by atoms with Gasteiger partial charge in [-0.2, -0.15) is 0 Å². The molecule has 0 aliphatic heterocycles. The molecule has 0 radical (unpaired) electrons. The number of hydrogen-bond donors (Lipinski definition) is 2. The maximum Gasteiger partial charge on any atom is 0.122 e. The van der Waals surface area contributed by atoms with E-state index >= 15 is 0 Å². The van der Waals surface area contributed by atoms with Gasteiger partial charge in [-0.05, 0) is 49.1 Å². The quantitative estimate of drug-likeness (QED) is 0.829. The van der Waals surface area contributed by atoms with Gasteiger partial charge in [-0.1, -0.05) is 11.6 Å². The van der Waals surface area contributed by atoms with E-state index in [0.717, 1.165) is 16.9 Å². The minimum Gasteiger partial charge on any atom is -0.496 e. The lowest BCUT2D eigenvalue weighted by Crippen LogP contribution is -2.20. The Bertz CT molecular complexity index is 351. The Kier molecular flexibility index (Phi) is 5.06. The van der Waals surface area contributed by atoms with E-state index in [1.807, 2.05) is 19.1 Å². The Labute approximate surface area is 101 Å². The van der Waals surface area contributed by atoms with Gasteiger partial charge in [0, 0.05) is 11.6 Å². The topological polar surface area (TPSA) is 55.5 Å². The van der Waals surface area contributed by atoms with Crippen molar-refractivity contribution in [2.24, 2.45) is 11.7 Å². The van der Waals surface area contributed by atoms with Gasteiger partial charge in [-0.15, -0.1) is 0 Å². The summed E-state index contributed by atoms with van der Waals surface area (Å²) in [6.45, 7) is 2.46. The number of rotatable bonds is 5. The standard InChI is InChI=1S/C12H18ClNO2/c1-8-3-12(16-2)10(5-11(8)13)4-9(6-14)7-15/h3,5,9,15H,4,6-7,14H2,1-2H3. The zero-order valence-electron chi connectivity index (χ0n) is 9.66. The van der Waals surface area contributed by atoms with E-state index in [-0.39, 0.29) is 12.5 Å². The smallest absolute Gasteiger partial charge is 0.122 e. The molecular weight excluding hydrogens is 226 g/mol. The van der Waals surface area contributed by atoms with Gasteiger partial charge in [0.2, 0.25) is 0 Å². The number of hydrogen-bond acceptors (Lipinski definition) is 3. The monoisotopic (exact) mass is 243 g/mol. The lowest BCUT2D eigenvalue weighted by molar-refractivity contribution is 0.229. The van der Waals surface area contributed by atoms with Gasteiger partial charge in [-0.3, -0.25) is 0 Å². The molecule has 0 saturated carbocycles. The van der Waals surface area contributed by atoms with Crippen molar-refractivity contribution in [3.63, 3.8) is 0 Å². The number of benzene rings is 1. The number of aliphatic hydroxyl groups excluding tert-OH is 1. The van der Waals surface area contributed by atoms with Crippen molar-refractivity contribution in [3.05, 3.63) is 28.3 Å². The predicted octanol–water partition coefficient (Wildman–Crippen LogP) is 1.77. The lowest BCUT2D eigenvalue weighted by atomic mass is 9.98. The normalized spacial score (nSPS) is 12.6. The summed E-state index contributed by atoms with van der Waals surface area (Å²) in [7, 11) is 1.63. The zero-order chi connectivity index (χ0) is 12.1. The predicted molar refractivity (Wildman–Crippen MR) is 66.1 cm³/mol. The average Bonchev–Trinajstić information content (AvgIpc) is 2.29. The van der Waals surface area contributed by atoms with Crippen LogP contribution in [0.25, 0.3) is 0 Å². The molecule has 0 aromatic heterocycles. The number of aliphatic hydroxyl groups is 1. The molecule has 0 bridgehead atoms. The van der Waals surface area contributed by atoms with Gasteiger partial charge in [0.25, 0.3) is 0 Å². The largest absolute Gasteiger partial charge is 0.496 e. The maximum absolute atomic E-state index is 9.12. The molecule has 1 aromatic carbocycles. The van der Waals surface area contributed by atoms with Crippen molar-refractivity contribution in [2.45, 2.75) is 13.3 Å². The van der Waals surface area contributed by atoms with Gasteiger partial charge in [0.05, 0.1) is 7.11 Å². The third-order valence-electron chi connectivity index (χ3n) is 2.66. The van der Waals surface area contributed by atoms with Crippen LogP contribution in [0.1, 0.15) is 11.1 Å². The molecule has 0 aliphatic carbocycles. The Morgan fingerprint density at radius 1 is 1.50 bits per heavy atom. The Balaban J connectivity index is 2.97. The van der Waals surface area contributed by atoms with Crippen LogP contribution in [0.15, 0.2) is 12.1 Å². The van der Waals surface area contributed by atoms with Crippen LogP contribution in [-0.2, 0) is 6.42 Å². The van der Waals surface area contributed by atoms with Crippen molar-refractivity contribution in [3.8, 4) is 5.75 Å². The van der Waals surface area contributed by atoms with Crippen LogP contribution in [0, 0.1) is 12.8 Å². The third-order valence-corrected chi connectivity index (χ3v) is 3.07. The van der Waals surface area contributed by atoms with Crippen LogP contribution >= 0.6 is 11.6 Å². The Hall–Kier alpha value is -0.770. The molecule has 0 spiro atoms. The van der Waals surface area contributed by atoms with E-state index < -0.39 is 0 Å². The Morgan fingerprint density at radius 3 is 2.69 bits per heavy atom. The van der Waals surface area contributed by atoms with E-state index in [4.69, 9.17) is 27.2 Å². The zero-order valence-corrected chi connectivity index (χ0v) is 10.4. The second-order valence-electron chi connectivity index (χ2n) is 3.90. The molecule has 3 N–H and O–H groups in total. The highest BCUT2D eigenvalue weighted by Crippen LogP contribution is 2.28. The number of methoxy groups -OCH3 is 1. The summed E-state index contributed by atoms with van der Waals surface area (Å²) in [5.74, 6) is 0.849. The van der Waals surface area contributed by atoms with Crippen LogP contribution in [0.2, 0.25) is 5.02 Å². The third kappa shape index (κ3) is 3.11. The Morgan fingerprint density at radius 2 is 2.19 bits per heavy atom. The fourth-order valence-corrected chi connectivity index (χ4v) is 1.77. The second kappa shape index (κ2) is 6.09. The van der Waals surface area contributed by atoms with E-state index in [0.29, 0.717) is 18.0 Å². The van der Waals surface area contributed by atoms with Crippen molar-refractivity contribution < 1.29 is 9.84 Å². The van der Waals surface area contributed by atoms with Gasteiger partial charge in [0.15, 0.2) is 0 Å². The molecule has 90 valence electrons. The van der Waals surface area contributed by atoms with Crippen molar-refractivity contribution >= 4 is 11.6 Å². The highest BCUT2D eigenvalue weighted by atomic mass is 35.5. The molecule has 0 fully saturated rings. The van der Waals surface area contributed by atoms with E-state index in [1.54, 1.807) is 7.11 Å². The number of nitrogens with two attached hydrogens (primary N) is 1. The first-order valence-corrected chi connectivity index (χ1v) is 5.64. The molecule has 0 aliphatic rings. The second-order valence-corrected chi connectivity index (χ2v) is 4.31. The molecule has 1 aromatic rings. The van der Waals surface area contributed by atoms with Crippen LogP contribution < -0.4 is 10.5 Å².